The first-order valence-corrected chi connectivity index (χ1v) is 12.3. The Morgan fingerprint density at radius 3 is 2.36 bits per heavy atom. The van der Waals surface area contributed by atoms with Crippen molar-refractivity contribution in [1.29, 1.82) is 0 Å². The molecule has 2 aliphatic rings. The van der Waals surface area contributed by atoms with Crippen molar-refractivity contribution in [3.05, 3.63) is 36.1 Å². The van der Waals surface area contributed by atoms with Crippen LogP contribution in [0.3, 0.4) is 0 Å². The number of thiophene rings is 1. The number of carbonyl (C=O) groups excluding carboxylic acids is 2. The second-order valence-corrected chi connectivity index (χ2v) is 9.88. The second-order valence-electron chi connectivity index (χ2n) is 8.85. The summed E-state index contributed by atoms with van der Waals surface area (Å²) in [6.45, 7) is 3.40. The molecule has 33 heavy (non-hydrogen) atoms. The SMILES string of the molecule is COC(=O)Oc1cc(-c2ccc(F)cc2)sc1N(C(=O)[C@H]1CC[C@H](C)CC1)C1CCOCC1. The number of anilines is 1. The molecule has 2 aromatic rings. The van der Waals surface area contributed by atoms with Crippen molar-refractivity contribution in [2.24, 2.45) is 11.8 Å². The van der Waals surface area contributed by atoms with Gasteiger partial charge < -0.3 is 14.2 Å². The maximum absolute atomic E-state index is 13.9. The van der Waals surface area contributed by atoms with E-state index in [9.17, 15) is 14.0 Å². The lowest BCUT2D eigenvalue weighted by Crippen LogP contribution is -2.46. The van der Waals surface area contributed by atoms with Gasteiger partial charge >= 0.3 is 6.16 Å². The van der Waals surface area contributed by atoms with E-state index >= 15 is 0 Å². The Hall–Kier alpha value is -2.45. The average Bonchev–Trinajstić information content (AvgIpc) is 3.23. The molecular formula is C25H30FNO5S. The number of nitrogens with zero attached hydrogens (tertiary/aromatic N) is 1. The Labute approximate surface area is 197 Å². The van der Waals surface area contributed by atoms with Gasteiger partial charge in [-0.15, -0.1) is 11.3 Å². The topological polar surface area (TPSA) is 65.1 Å². The van der Waals surface area contributed by atoms with Crippen molar-refractivity contribution in [2.45, 2.75) is 51.5 Å². The first-order chi connectivity index (χ1) is 16.0. The number of halogens is 1. The van der Waals surface area contributed by atoms with Crippen LogP contribution in [0.25, 0.3) is 10.4 Å². The van der Waals surface area contributed by atoms with Crippen LogP contribution in [0.2, 0.25) is 0 Å². The first kappa shape index (κ1) is 23.7. The van der Waals surface area contributed by atoms with Crippen molar-refractivity contribution in [3.8, 4) is 16.2 Å². The summed E-state index contributed by atoms with van der Waals surface area (Å²) in [4.78, 5) is 28.5. The number of hydrogen-bond donors (Lipinski definition) is 0. The third-order valence-electron chi connectivity index (χ3n) is 6.55. The first-order valence-electron chi connectivity index (χ1n) is 11.5. The van der Waals surface area contributed by atoms with Crippen LogP contribution >= 0.6 is 11.3 Å². The molecule has 1 saturated carbocycles. The molecular weight excluding hydrogens is 445 g/mol. The summed E-state index contributed by atoms with van der Waals surface area (Å²) in [5.41, 5.74) is 0.785. The van der Waals surface area contributed by atoms with Crippen LogP contribution < -0.4 is 9.64 Å². The van der Waals surface area contributed by atoms with Crippen LogP contribution in [0, 0.1) is 17.7 Å². The van der Waals surface area contributed by atoms with E-state index in [2.05, 4.69) is 6.92 Å². The van der Waals surface area contributed by atoms with E-state index in [-0.39, 0.29) is 29.4 Å². The van der Waals surface area contributed by atoms with E-state index in [1.54, 1.807) is 18.2 Å². The fourth-order valence-electron chi connectivity index (χ4n) is 4.59. The van der Waals surface area contributed by atoms with Gasteiger partial charge in [-0.25, -0.2) is 9.18 Å². The van der Waals surface area contributed by atoms with Crippen molar-refractivity contribution in [2.75, 3.05) is 25.2 Å². The zero-order chi connectivity index (χ0) is 23.4. The third kappa shape index (κ3) is 5.55. The van der Waals surface area contributed by atoms with Crippen molar-refractivity contribution < 1.29 is 28.2 Å². The zero-order valence-corrected chi connectivity index (χ0v) is 19.9. The molecule has 1 aromatic heterocycles. The van der Waals surface area contributed by atoms with Crippen LogP contribution in [0.5, 0.6) is 5.75 Å². The molecule has 2 heterocycles. The number of rotatable bonds is 5. The molecule has 4 rings (SSSR count). The Morgan fingerprint density at radius 1 is 1.06 bits per heavy atom. The lowest BCUT2D eigenvalue weighted by Gasteiger charge is -2.37. The van der Waals surface area contributed by atoms with Crippen molar-refractivity contribution in [3.63, 3.8) is 0 Å². The van der Waals surface area contributed by atoms with Gasteiger partial charge in [0.05, 0.1) is 7.11 Å². The molecule has 8 heteroatoms. The summed E-state index contributed by atoms with van der Waals surface area (Å²) in [5, 5.41) is 0.593. The maximum atomic E-state index is 13.9. The largest absolute Gasteiger partial charge is 0.513 e. The second kappa shape index (κ2) is 10.7. The molecule has 0 atom stereocenters. The molecule has 1 aliphatic heterocycles. The number of methoxy groups -OCH3 is 1. The lowest BCUT2D eigenvalue weighted by molar-refractivity contribution is -0.124. The van der Waals surface area contributed by atoms with Gasteiger partial charge in [-0.05, 0) is 62.1 Å². The molecule has 1 aromatic carbocycles. The number of amides is 1. The fraction of sp³-hybridized carbons (Fsp3) is 0.520. The number of ether oxygens (including phenoxy) is 3. The molecule has 2 fully saturated rings. The quantitative estimate of drug-likeness (QED) is 0.494. The van der Waals surface area contributed by atoms with Crippen LogP contribution in [0.15, 0.2) is 30.3 Å². The summed E-state index contributed by atoms with van der Waals surface area (Å²) in [7, 11) is 1.25. The van der Waals surface area contributed by atoms with Crippen molar-refractivity contribution in [1.82, 2.24) is 0 Å². The van der Waals surface area contributed by atoms with Gasteiger partial charge in [-0.2, -0.15) is 0 Å². The number of benzene rings is 1. The van der Waals surface area contributed by atoms with Gasteiger partial charge in [-0.1, -0.05) is 19.1 Å². The zero-order valence-electron chi connectivity index (χ0n) is 19.1. The number of carbonyl (C=O) groups is 2. The maximum Gasteiger partial charge on any atom is 0.513 e. The Balaban J connectivity index is 1.74. The van der Waals surface area contributed by atoms with E-state index in [0.717, 1.165) is 49.0 Å². The highest BCUT2D eigenvalue weighted by Crippen LogP contribution is 2.46. The average molecular weight is 476 g/mol. The summed E-state index contributed by atoms with van der Waals surface area (Å²) < 4.78 is 29.2. The van der Waals surface area contributed by atoms with E-state index in [1.165, 1.54) is 30.6 Å². The minimum absolute atomic E-state index is 0.0367. The van der Waals surface area contributed by atoms with Crippen LogP contribution in [0.1, 0.15) is 45.4 Å². The molecule has 6 nitrogen and oxygen atoms in total. The molecule has 0 spiro atoms. The van der Waals surface area contributed by atoms with Crippen LogP contribution in [0.4, 0.5) is 14.2 Å². The predicted molar refractivity (Wildman–Crippen MR) is 125 cm³/mol. The van der Waals surface area contributed by atoms with Gasteiger partial charge in [0, 0.05) is 36.1 Å². The normalized spacial score (nSPS) is 21.4. The Kier molecular flexibility index (Phi) is 7.65. The van der Waals surface area contributed by atoms with E-state index in [1.807, 2.05) is 4.90 Å². The molecule has 178 valence electrons. The number of hydrogen-bond acceptors (Lipinski definition) is 6. The molecule has 0 unspecified atom stereocenters. The third-order valence-corrected chi connectivity index (χ3v) is 7.71. The van der Waals surface area contributed by atoms with Gasteiger partial charge in [0.25, 0.3) is 0 Å². The van der Waals surface area contributed by atoms with E-state index in [0.29, 0.717) is 24.1 Å². The molecule has 0 radical (unpaired) electrons. The van der Waals surface area contributed by atoms with Crippen molar-refractivity contribution >= 4 is 28.4 Å². The fourth-order valence-corrected chi connectivity index (χ4v) is 5.75. The standard InChI is InChI=1S/C25H30FNO5S/c1-16-3-5-18(6-4-16)23(28)27(20-11-13-31-14-12-20)24-21(32-25(29)30-2)15-22(33-24)17-7-9-19(26)10-8-17/h7-10,15-16,18,20H,3-6,11-14H2,1-2H3/t16-,18-. The van der Waals surface area contributed by atoms with Gasteiger partial charge in [0.1, 0.15) is 10.8 Å². The highest BCUT2D eigenvalue weighted by Gasteiger charge is 2.36. The van der Waals surface area contributed by atoms with E-state index < -0.39 is 6.16 Å². The monoisotopic (exact) mass is 475 g/mol. The summed E-state index contributed by atoms with van der Waals surface area (Å²) >= 11 is 1.37. The minimum atomic E-state index is -0.842. The molecule has 0 bridgehead atoms. The molecule has 1 aliphatic carbocycles. The van der Waals surface area contributed by atoms with Gasteiger partial charge in [0.2, 0.25) is 5.91 Å². The summed E-state index contributed by atoms with van der Waals surface area (Å²) in [6, 6.07) is 7.82. The molecule has 1 saturated heterocycles. The predicted octanol–water partition coefficient (Wildman–Crippen LogP) is 6.04. The van der Waals surface area contributed by atoms with Gasteiger partial charge in [0.15, 0.2) is 5.75 Å². The summed E-state index contributed by atoms with van der Waals surface area (Å²) in [6.07, 6.45) is 4.40. The van der Waals surface area contributed by atoms with Crippen LogP contribution in [-0.2, 0) is 14.3 Å². The highest BCUT2D eigenvalue weighted by molar-refractivity contribution is 7.20. The molecule has 1 amide bonds. The summed E-state index contributed by atoms with van der Waals surface area (Å²) in [5.74, 6) is 0.625. The molecule has 0 N–H and O–H groups in total. The minimum Gasteiger partial charge on any atom is -0.437 e. The Bertz CT molecular complexity index is 962. The highest BCUT2D eigenvalue weighted by atomic mass is 32.1. The smallest absolute Gasteiger partial charge is 0.437 e. The Morgan fingerprint density at radius 2 is 1.73 bits per heavy atom. The van der Waals surface area contributed by atoms with Gasteiger partial charge in [-0.3, -0.25) is 9.69 Å². The lowest BCUT2D eigenvalue weighted by atomic mass is 9.82. The van der Waals surface area contributed by atoms with Crippen LogP contribution in [-0.4, -0.2) is 38.4 Å². The van der Waals surface area contributed by atoms with E-state index in [4.69, 9.17) is 14.2 Å².